The molecule has 1 atom stereocenters. The number of morpholine rings is 1. The zero-order valence-corrected chi connectivity index (χ0v) is 16.8. The molecule has 0 saturated carbocycles. The van der Waals surface area contributed by atoms with Crippen LogP contribution in [-0.4, -0.2) is 38.1 Å². The summed E-state index contributed by atoms with van der Waals surface area (Å²) >= 11 is 1.55. The molecule has 0 bridgehead atoms. The van der Waals surface area contributed by atoms with Crippen molar-refractivity contribution in [3.05, 3.63) is 45.1 Å². The first-order valence-electron chi connectivity index (χ1n) is 9.70. The Balaban J connectivity index is 1.55. The summed E-state index contributed by atoms with van der Waals surface area (Å²) in [5, 5.41) is 2.89. The van der Waals surface area contributed by atoms with Crippen molar-refractivity contribution in [3.63, 3.8) is 0 Å². The number of carbonyl (C=O) groups is 2. The van der Waals surface area contributed by atoms with E-state index in [1.807, 2.05) is 12.1 Å². The number of benzene rings is 1. The Hall–Kier alpha value is -2.38. The summed E-state index contributed by atoms with van der Waals surface area (Å²) in [6, 6.07) is 7.42. The zero-order valence-electron chi connectivity index (χ0n) is 16.0. The molecule has 4 rings (SSSR count). The number of rotatable bonds is 4. The fraction of sp³-hybridized carbons (Fsp3) is 0.429. The number of anilines is 2. The van der Waals surface area contributed by atoms with Crippen LogP contribution in [0.2, 0.25) is 0 Å². The number of hydrogen-bond donors (Lipinski definition) is 2. The number of thiophene rings is 1. The van der Waals surface area contributed by atoms with Gasteiger partial charge in [0.25, 0.3) is 11.8 Å². The van der Waals surface area contributed by atoms with Gasteiger partial charge in [0.2, 0.25) is 0 Å². The van der Waals surface area contributed by atoms with Gasteiger partial charge >= 0.3 is 0 Å². The van der Waals surface area contributed by atoms with Crippen molar-refractivity contribution in [2.24, 2.45) is 11.7 Å². The van der Waals surface area contributed by atoms with Gasteiger partial charge in [0, 0.05) is 23.7 Å². The van der Waals surface area contributed by atoms with Crippen LogP contribution >= 0.6 is 11.3 Å². The fourth-order valence-corrected chi connectivity index (χ4v) is 4.97. The maximum Gasteiger partial charge on any atom is 0.265 e. The van der Waals surface area contributed by atoms with E-state index in [1.54, 1.807) is 23.5 Å². The molecular weight excluding hydrogens is 374 g/mol. The number of hydrogen-bond acceptors (Lipinski definition) is 5. The van der Waals surface area contributed by atoms with Crippen LogP contribution in [0.1, 0.15) is 43.8 Å². The summed E-state index contributed by atoms with van der Waals surface area (Å²) in [6.45, 7) is 5.10. The number of nitrogens with zero attached hydrogens (tertiary/aromatic N) is 1. The molecule has 1 aromatic heterocycles. The minimum absolute atomic E-state index is 0.186. The average molecular weight is 400 g/mol. The van der Waals surface area contributed by atoms with Crippen LogP contribution in [0.4, 0.5) is 11.4 Å². The van der Waals surface area contributed by atoms with Crippen molar-refractivity contribution >= 4 is 34.5 Å². The lowest BCUT2D eigenvalue weighted by molar-refractivity contribution is 0.100. The minimum Gasteiger partial charge on any atom is -0.378 e. The Labute approximate surface area is 168 Å². The van der Waals surface area contributed by atoms with Gasteiger partial charge in [0.05, 0.1) is 29.3 Å². The lowest BCUT2D eigenvalue weighted by Crippen LogP contribution is -2.36. The second kappa shape index (κ2) is 7.93. The highest BCUT2D eigenvalue weighted by Gasteiger charge is 2.22. The van der Waals surface area contributed by atoms with E-state index in [0.29, 0.717) is 35.3 Å². The molecule has 1 aliphatic heterocycles. The van der Waals surface area contributed by atoms with E-state index >= 15 is 0 Å². The molecule has 148 valence electrons. The highest BCUT2D eigenvalue weighted by Crippen LogP contribution is 2.33. The molecule has 0 spiro atoms. The molecule has 1 aliphatic carbocycles. The number of amides is 2. The van der Waals surface area contributed by atoms with Crippen LogP contribution in [0.3, 0.4) is 0 Å². The second-order valence-corrected chi connectivity index (χ2v) is 8.69. The van der Waals surface area contributed by atoms with Crippen molar-refractivity contribution in [3.8, 4) is 0 Å². The Morgan fingerprint density at radius 2 is 2.04 bits per heavy atom. The molecule has 3 N–H and O–H groups in total. The Morgan fingerprint density at radius 3 is 2.79 bits per heavy atom. The third kappa shape index (κ3) is 3.91. The van der Waals surface area contributed by atoms with Gasteiger partial charge in [-0.15, -0.1) is 11.3 Å². The third-order valence-corrected chi connectivity index (χ3v) is 6.68. The summed E-state index contributed by atoms with van der Waals surface area (Å²) in [7, 11) is 0. The van der Waals surface area contributed by atoms with Gasteiger partial charge in [-0.3, -0.25) is 9.59 Å². The topological polar surface area (TPSA) is 84.7 Å². The van der Waals surface area contributed by atoms with Crippen LogP contribution in [0.5, 0.6) is 0 Å². The fourth-order valence-electron chi connectivity index (χ4n) is 3.86. The van der Waals surface area contributed by atoms with Crippen LogP contribution < -0.4 is 16.0 Å². The van der Waals surface area contributed by atoms with E-state index in [9.17, 15) is 9.59 Å². The molecule has 28 heavy (non-hydrogen) atoms. The summed E-state index contributed by atoms with van der Waals surface area (Å²) in [6.07, 6.45) is 3.23. The highest BCUT2D eigenvalue weighted by molar-refractivity contribution is 7.14. The molecule has 2 amide bonds. The monoisotopic (exact) mass is 399 g/mol. The highest BCUT2D eigenvalue weighted by atomic mass is 32.1. The van der Waals surface area contributed by atoms with E-state index in [1.165, 1.54) is 16.9 Å². The zero-order chi connectivity index (χ0) is 19.7. The van der Waals surface area contributed by atoms with Gasteiger partial charge in [-0.2, -0.15) is 0 Å². The van der Waals surface area contributed by atoms with Gasteiger partial charge in [-0.25, -0.2) is 0 Å². The molecule has 1 saturated heterocycles. The first-order chi connectivity index (χ1) is 13.5. The minimum atomic E-state index is -0.551. The van der Waals surface area contributed by atoms with Crippen LogP contribution in [0.15, 0.2) is 24.3 Å². The molecule has 7 heteroatoms. The summed E-state index contributed by atoms with van der Waals surface area (Å²) < 4.78 is 5.38. The summed E-state index contributed by atoms with van der Waals surface area (Å²) in [5.74, 6) is -0.0782. The third-order valence-electron chi connectivity index (χ3n) is 5.45. The van der Waals surface area contributed by atoms with Crippen LogP contribution in [-0.2, 0) is 17.6 Å². The molecule has 2 aliphatic rings. The van der Waals surface area contributed by atoms with Gasteiger partial charge in [0.15, 0.2) is 0 Å². The molecule has 6 nitrogen and oxygen atoms in total. The number of nitrogens with one attached hydrogen (secondary N) is 1. The lowest BCUT2D eigenvalue weighted by atomic mass is 9.90. The first-order valence-corrected chi connectivity index (χ1v) is 10.5. The average Bonchev–Trinajstić information content (AvgIpc) is 3.12. The molecular formula is C21H25N3O3S. The van der Waals surface area contributed by atoms with Crippen molar-refractivity contribution in [1.82, 2.24) is 0 Å². The molecule has 0 unspecified atom stereocenters. The Bertz CT molecular complexity index is 902. The van der Waals surface area contributed by atoms with Crippen molar-refractivity contribution in [2.45, 2.75) is 26.2 Å². The van der Waals surface area contributed by atoms with Crippen LogP contribution in [0.25, 0.3) is 0 Å². The standard InChI is InChI=1S/C21H25N3O3S/c1-13-2-5-18-14(10-13)11-19(28-18)21(26)23-17-4-3-15(12-16(17)20(22)25)24-6-8-27-9-7-24/h3-4,11-13H,2,5-10H2,1H3,(H2,22,25)(H,23,26)/t13-/m1/s1. The van der Waals surface area contributed by atoms with E-state index in [0.717, 1.165) is 31.6 Å². The Morgan fingerprint density at radius 1 is 1.25 bits per heavy atom. The van der Waals surface area contributed by atoms with Gasteiger partial charge in [0.1, 0.15) is 0 Å². The number of carbonyl (C=O) groups excluding carboxylic acids is 2. The van der Waals surface area contributed by atoms with E-state index < -0.39 is 5.91 Å². The second-order valence-electron chi connectivity index (χ2n) is 7.55. The molecule has 1 aromatic carbocycles. The van der Waals surface area contributed by atoms with E-state index in [4.69, 9.17) is 10.5 Å². The van der Waals surface area contributed by atoms with Crippen LogP contribution in [0, 0.1) is 5.92 Å². The SMILES string of the molecule is C[C@@H]1CCc2sc(C(=O)Nc3ccc(N4CCOCC4)cc3C(N)=O)cc2C1. The number of aryl methyl sites for hydroxylation is 1. The maximum absolute atomic E-state index is 12.8. The van der Waals surface area contributed by atoms with Crippen molar-refractivity contribution in [1.29, 1.82) is 0 Å². The quantitative estimate of drug-likeness (QED) is 0.828. The molecule has 1 fully saturated rings. The molecule has 2 heterocycles. The van der Waals surface area contributed by atoms with Gasteiger partial charge in [-0.05, 0) is 55.0 Å². The Kier molecular flexibility index (Phi) is 5.37. The molecule has 2 aromatic rings. The predicted octanol–water partition coefficient (Wildman–Crippen LogP) is 3.06. The first kappa shape index (κ1) is 19.0. The number of fused-ring (bicyclic) bond motifs is 1. The van der Waals surface area contributed by atoms with Gasteiger partial charge < -0.3 is 20.7 Å². The smallest absolute Gasteiger partial charge is 0.265 e. The van der Waals surface area contributed by atoms with Crippen molar-refractivity contribution in [2.75, 3.05) is 36.5 Å². The lowest BCUT2D eigenvalue weighted by Gasteiger charge is -2.29. The summed E-state index contributed by atoms with van der Waals surface area (Å²) in [5.41, 5.74) is 8.57. The number of nitrogens with two attached hydrogens (primary N) is 1. The van der Waals surface area contributed by atoms with E-state index in [2.05, 4.69) is 17.1 Å². The van der Waals surface area contributed by atoms with Crippen molar-refractivity contribution < 1.29 is 14.3 Å². The predicted molar refractivity (Wildman–Crippen MR) is 111 cm³/mol. The maximum atomic E-state index is 12.8. The number of primary amides is 1. The van der Waals surface area contributed by atoms with E-state index in [-0.39, 0.29) is 5.91 Å². The number of ether oxygens (including phenoxy) is 1. The summed E-state index contributed by atoms with van der Waals surface area (Å²) in [4.78, 5) is 28.9. The van der Waals surface area contributed by atoms with Gasteiger partial charge in [-0.1, -0.05) is 6.92 Å². The largest absolute Gasteiger partial charge is 0.378 e. The normalized spacial score (nSPS) is 19.2. The molecule has 0 radical (unpaired) electrons.